The van der Waals surface area contributed by atoms with Gasteiger partial charge < -0.3 is 10.2 Å². The predicted octanol–water partition coefficient (Wildman–Crippen LogP) is 0.399. The molecule has 0 aliphatic heterocycles. The van der Waals surface area contributed by atoms with E-state index in [2.05, 4.69) is 0 Å². The van der Waals surface area contributed by atoms with Gasteiger partial charge in [-0.2, -0.15) is 0 Å². The van der Waals surface area contributed by atoms with Crippen LogP contribution < -0.4 is 0 Å². The molecule has 1 saturated carbocycles. The molecule has 0 aromatic heterocycles. The highest BCUT2D eigenvalue weighted by Gasteiger charge is 2.58. The van der Waals surface area contributed by atoms with Crippen LogP contribution in [-0.2, 0) is 9.59 Å². The minimum atomic E-state index is -1.14. The van der Waals surface area contributed by atoms with Gasteiger partial charge in [-0.25, -0.2) is 0 Å². The summed E-state index contributed by atoms with van der Waals surface area (Å²) in [5.41, 5.74) is -2.10. The zero-order chi connectivity index (χ0) is 11.1. The van der Waals surface area contributed by atoms with Crippen molar-refractivity contribution in [3.63, 3.8) is 0 Å². The Balaban J connectivity index is 2.90. The second kappa shape index (κ2) is 2.95. The molecular formula is C9H15NO4. The van der Waals surface area contributed by atoms with Crippen molar-refractivity contribution in [2.75, 3.05) is 7.05 Å². The van der Waals surface area contributed by atoms with Gasteiger partial charge in [0.1, 0.15) is 11.1 Å². The Morgan fingerprint density at radius 3 is 1.93 bits per heavy atom. The van der Waals surface area contributed by atoms with Gasteiger partial charge in [-0.3, -0.25) is 14.5 Å². The van der Waals surface area contributed by atoms with E-state index in [0.717, 1.165) is 0 Å². The van der Waals surface area contributed by atoms with E-state index in [4.69, 9.17) is 10.2 Å². The molecule has 2 N–H and O–H groups in total. The molecule has 1 aliphatic carbocycles. The lowest BCUT2D eigenvalue weighted by Gasteiger charge is -2.36. The molecule has 0 amide bonds. The fraction of sp³-hybridized carbons (Fsp3) is 0.778. The molecule has 1 fully saturated rings. The van der Waals surface area contributed by atoms with Gasteiger partial charge in [0.2, 0.25) is 0 Å². The topological polar surface area (TPSA) is 77.8 Å². The van der Waals surface area contributed by atoms with Crippen LogP contribution in [0.4, 0.5) is 0 Å². The molecule has 0 atom stereocenters. The Hall–Kier alpha value is -1.10. The quantitative estimate of drug-likeness (QED) is 0.688. The maximum absolute atomic E-state index is 11.0. The molecule has 0 saturated heterocycles. The molecule has 0 radical (unpaired) electrons. The van der Waals surface area contributed by atoms with Crippen molar-refractivity contribution in [3.8, 4) is 0 Å². The summed E-state index contributed by atoms with van der Waals surface area (Å²) in [7, 11) is 1.55. The summed E-state index contributed by atoms with van der Waals surface area (Å²) in [5.74, 6) is -1.94. The number of aliphatic carboxylic acids is 2. The molecule has 1 rings (SSSR count). The second-order valence-electron chi connectivity index (χ2n) is 4.26. The van der Waals surface area contributed by atoms with Crippen molar-refractivity contribution >= 4 is 11.9 Å². The van der Waals surface area contributed by atoms with E-state index >= 15 is 0 Å². The highest BCUT2D eigenvalue weighted by atomic mass is 16.4. The fourth-order valence-corrected chi connectivity index (χ4v) is 1.49. The molecule has 0 bridgehead atoms. The van der Waals surface area contributed by atoms with E-state index in [1.54, 1.807) is 7.05 Å². The third kappa shape index (κ3) is 1.37. The van der Waals surface area contributed by atoms with Gasteiger partial charge in [0, 0.05) is 0 Å². The normalized spacial score (nSPS) is 19.4. The highest BCUT2D eigenvalue weighted by molar-refractivity contribution is 5.85. The van der Waals surface area contributed by atoms with Crippen LogP contribution >= 0.6 is 0 Å². The molecular weight excluding hydrogens is 186 g/mol. The number of rotatable bonds is 4. The lowest BCUT2D eigenvalue weighted by atomic mass is 10.0. The van der Waals surface area contributed by atoms with Gasteiger partial charge in [-0.15, -0.1) is 0 Å². The van der Waals surface area contributed by atoms with Crippen molar-refractivity contribution in [3.05, 3.63) is 0 Å². The number of hydrogen-bond donors (Lipinski definition) is 2. The average molecular weight is 201 g/mol. The summed E-state index contributed by atoms with van der Waals surface area (Å²) in [5, 5.41) is 17.9. The summed E-state index contributed by atoms with van der Waals surface area (Å²) < 4.78 is 0. The maximum Gasteiger partial charge on any atom is 0.324 e. The second-order valence-corrected chi connectivity index (χ2v) is 4.26. The zero-order valence-electron chi connectivity index (χ0n) is 8.57. The van der Waals surface area contributed by atoms with Crippen molar-refractivity contribution in [1.29, 1.82) is 0 Å². The summed E-state index contributed by atoms with van der Waals surface area (Å²) >= 11 is 0. The summed E-state index contributed by atoms with van der Waals surface area (Å²) in [4.78, 5) is 23.3. The number of carbonyl (C=O) groups is 2. The van der Waals surface area contributed by atoms with Crippen LogP contribution in [0.2, 0.25) is 0 Å². The van der Waals surface area contributed by atoms with E-state index in [9.17, 15) is 9.59 Å². The molecule has 0 heterocycles. The summed E-state index contributed by atoms with van der Waals surface area (Å²) in [6.45, 7) is 3.02. The number of hydrogen-bond acceptors (Lipinski definition) is 3. The lowest BCUT2D eigenvalue weighted by Crippen LogP contribution is -2.56. The average Bonchev–Trinajstić information content (AvgIpc) is 2.82. The highest BCUT2D eigenvalue weighted by Crippen LogP contribution is 2.44. The number of nitrogens with zero attached hydrogens (tertiary/aromatic N) is 1. The van der Waals surface area contributed by atoms with Crippen LogP contribution in [0.1, 0.15) is 26.7 Å². The first-order valence-corrected chi connectivity index (χ1v) is 4.46. The fourth-order valence-electron chi connectivity index (χ4n) is 1.49. The summed E-state index contributed by atoms with van der Waals surface area (Å²) in [6.07, 6.45) is 1.05. The minimum Gasteiger partial charge on any atom is -0.480 e. The number of carboxylic acids is 2. The van der Waals surface area contributed by atoms with Crippen LogP contribution in [0.3, 0.4) is 0 Å². The Kier molecular flexibility index (Phi) is 2.31. The first-order valence-electron chi connectivity index (χ1n) is 4.46. The van der Waals surface area contributed by atoms with Crippen LogP contribution in [0, 0.1) is 0 Å². The minimum absolute atomic E-state index is 0.523. The maximum atomic E-state index is 11.0. The molecule has 5 heteroatoms. The van der Waals surface area contributed by atoms with Gasteiger partial charge in [-0.1, -0.05) is 0 Å². The standard InChI is InChI=1S/C9H15NO4/c1-8(2,6(11)12)10(3)9(4-5-9)7(13)14/h4-5H2,1-3H3,(H,11,12)(H,13,14). The van der Waals surface area contributed by atoms with Gasteiger partial charge >= 0.3 is 11.9 Å². The van der Waals surface area contributed by atoms with Crippen LogP contribution in [0.25, 0.3) is 0 Å². The number of likely N-dealkylation sites (N-methyl/N-ethyl adjacent to an activating group) is 1. The van der Waals surface area contributed by atoms with E-state index in [1.807, 2.05) is 0 Å². The largest absolute Gasteiger partial charge is 0.480 e. The van der Waals surface area contributed by atoms with Crippen LogP contribution in [0.15, 0.2) is 0 Å². The third-order valence-corrected chi connectivity index (χ3v) is 3.13. The van der Waals surface area contributed by atoms with Crippen LogP contribution in [0.5, 0.6) is 0 Å². The smallest absolute Gasteiger partial charge is 0.324 e. The lowest BCUT2D eigenvalue weighted by molar-refractivity contribution is -0.157. The molecule has 0 spiro atoms. The summed E-state index contributed by atoms with van der Waals surface area (Å²) in [6, 6.07) is 0. The van der Waals surface area contributed by atoms with Crippen molar-refractivity contribution in [2.45, 2.75) is 37.8 Å². The van der Waals surface area contributed by atoms with E-state index in [0.29, 0.717) is 12.8 Å². The van der Waals surface area contributed by atoms with E-state index in [-0.39, 0.29) is 0 Å². The molecule has 14 heavy (non-hydrogen) atoms. The van der Waals surface area contributed by atoms with E-state index < -0.39 is 23.0 Å². The molecule has 5 nitrogen and oxygen atoms in total. The van der Waals surface area contributed by atoms with Gasteiger partial charge in [-0.05, 0) is 33.7 Å². The monoisotopic (exact) mass is 201 g/mol. The van der Waals surface area contributed by atoms with Crippen molar-refractivity contribution in [1.82, 2.24) is 4.90 Å². The number of carboxylic acid groups (broad SMARTS) is 2. The Labute approximate surface area is 82.3 Å². The van der Waals surface area contributed by atoms with Gasteiger partial charge in [0.25, 0.3) is 0 Å². The zero-order valence-corrected chi connectivity index (χ0v) is 8.57. The Bertz CT molecular complexity index is 265. The SMILES string of the molecule is CN(C(C)(C)C(=O)O)C1(C(=O)O)CC1. The first-order chi connectivity index (χ1) is 6.25. The van der Waals surface area contributed by atoms with Crippen molar-refractivity contribution < 1.29 is 19.8 Å². The Morgan fingerprint density at radius 1 is 1.29 bits per heavy atom. The molecule has 0 unspecified atom stereocenters. The van der Waals surface area contributed by atoms with Crippen molar-refractivity contribution in [2.24, 2.45) is 0 Å². The Morgan fingerprint density at radius 2 is 1.71 bits per heavy atom. The molecule has 80 valence electrons. The molecule has 1 aliphatic rings. The van der Waals surface area contributed by atoms with Gasteiger partial charge in [0.15, 0.2) is 0 Å². The first kappa shape index (κ1) is 11.0. The van der Waals surface area contributed by atoms with Gasteiger partial charge in [0.05, 0.1) is 0 Å². The van der Waals surface area contributed by atoms with E-state index in [1.165, 1.54) is 18.7 Å². The van der Waals surface area contributed by atoms with Crippen LogP contribution in [-0.4, -0.2) is 45.2 Å². The molecule has 0 aromatic rings. The third-order valence-electron chi connectivity index (χ3n) is 3.13. The molecule has 0 aromatic carbocycles. The predicted molar refractivity (Wildman–Crippen MR) is 49.1 cm³/mol.